The fourth-order valence-corrected chi connectivity index (χ4v) is 3.74. The van der Waals surface area contributed by atoms with Gasteiger partial charge in [-0.3, -0.25) is 9.10 Å². The molecule has 0 aliphatic carbocycles. The maximum absolute atomic E-state index is 14.2. The van der Waals surface area contributed by atoms with Gasteiger partial charge in [-0.05, 0) is 37.6 Å². The predicted molar refractivity (Wildman–Crippen MR) is 97.6 cm³/mol. The molecule has 2 aromatic rings. The monoisotopic (exact) mass is 364 g/mol. The fourth-order valence-electron chi connectivity index (χ4n) is 2.53. The average molecular weight is 364 g/mol. The van der Waals surface area contributed by atoms with Gasteiger partial charge in [0.25, 0.3) is 0 Å². The summed E-state index contributed by atoms with van der Waals surface area (Å²) >= 11 is 0. The van der Waals surface area contributed by atoms with Crippen LogP contribution >= 0.6 is 0 Å². The number of carbonyl (C=O) groups excluding carboxylic acids is 1. The smallest absolute Gasteiger partial charge is 0.248 e. The van der Waals surface area contributed by atoms with Crippen molar-refractivity contribution < 1.29 is 17.6 Å². The van der Waals surface area contributed by atoms with Gasteiger partial charge in [-0.2, -0.15) is 0 Å². The van der Waals surface area contributed by atoms with Gasteiger partial charge in [0.05, 0.1) is 11.9 Å². The molecule has 0 bridgehead atoms. The van der Waals surface area contributed by atoms with E-state index in [1.54, 1.807) is 19.1 Å². The van der Waals surface area contributed by atoms with Gasteiger partial charge in [0.1, 0.15) is 11.9 Å². The molecule has 2 aromatic carbocycles. The van der Waals surface area contributed by atoms with Crippen molar-refractivity contribution in [3.05, 3.63) is 59.9 Å². The highest BCUT2D eigenvalue weighted by Gasteiger charge is 2.33. The third kappa shape index (κ3) is 4.57. The molecule has 0 spiro atoms. The predicted octanol–water partition coefficient (Wildman–Crippen LogP) is 3.32. The molecule has 0 aliphatic heterocycles. The number of hydrogen-bond donors (Lipinski definition) is 1. The number of benzene rings is 2. The van der Waals surface area contributed by atoms with Crippen molar-refractivity contribution >= 4 is 27.3 Å². The van der Waals surface area contributed by atoms with E-state index in [4.69, 9.17) is 0 Å². The molecule has 0 saturated carbocycles. The second-order valence-corrected chi connectivity index (χ2v) is 7.65. The van der Waals surface area contributed by atoms with Crippen LogP contribution in [-0.4, -0.2) is 26.6 Å². The lowest BCUT2D eigenvalue weighted by Crippen LogP contribution is -2.47. The SMILES string of the molecule is CCC(C(=O)Nc1ccc(C)cc1)N(c1ccccc1F)S(C)(=O)=O. The minimum atomic E-state index is -3.86. The van der Waals surface area contributed by atoms with Crippen LogP contribution in [0.25, 0.3) is 0 Å². The van der Waals surface area contributed by atoms with Crippen molar-refractivity contribution in [2.45, 2.75) is 26.3 Å². The van der Waals surface area contributed by atoms with Crippen LogP contribution in [0.5, 0.6) is 0 Å². The Morgan fingerprint density at radius 1 is 1.16 bits per heavy atom. The number of hydrogen-bond acceptors (Lipinski definition) is 3. The van der Waals surface area contributed by atoms with E-state index in [-0.39, 0.29) is 12.1 Å². The molecule has 0 fully saturated rings. The Balaban J connectivity index is 2.38. The van der Waals surface area contributed by atoms with Crippen LogP contribution in [0, 0.1) is 12.7 Å². The lowest BCUT2D eigenvalue weighted by Gasteiger charge is -2.30. The third-order valence-corrected chi connectivity index (χ3v) is 4.90. The zero-order valence-corrected chi connectivity index (χ0v) is 15.2. The van der Waals surface area contributed by atoms with Crippen molar-refractivity contribution in [1.82, 2.24) is 0 Å². The highest BCUT2D eigenvalue weighted by Crippen LogP contribution is 2.26. The van der Waals surface area contributed by atoms with Crippen molar-refractivity contribution in [2.75, 3.05) is 15.9 Å². The van der Waals surface area contributed by atoms with Crippen LogP contribution in [0.3, 0.4) is 0 Å². The molecule has 134 valence electrons. The maximum atomic E-state index is 14.2. The minimum Gasteiger partial charge on any atom is -0.324 e. The van der Waals surface area contributed by atoms with Gasteiger partial charge in [0, 0.05) is 5.69 Å². The zero-order chi connectivity index (χ0) is 18.6. The van der Waals surface area contributed by atoms with Crippen LogP contribution in [0.4, 0.5) is 15.8 Å². The van der Waals surface area contributed by atoms with E-state index in [9.17, 15) is 17.6 Å². The number of halogens is 1. The molecular formula is C18H21FN2O3S. The molecule has 7 heteroatoms. The summed E-state index contributed by atoms with van der Waals surface area (Å²) in [7, 11) is -3.86. The normalized spacial score (nSPS) is 12.5. The quantitative estimate of drug-likeness (QED) is 0.855. The number of aryl methyl sites for hydroxylation is 1. The number of sulfonamides is 1. The van der Waals surface area contributed by atoms with E-state index in [0.717, 1.165) is 22.2 Å². The van der Waals surface area contributed by atoms with Crippen molar-refractivity contribution in [3.8, 4) is 0 Å². The molecule has 5 nitrogen and oxygen atoms in total. The Labute approximate surface area is 147 Å². The summed E-state index contributed by atoms with van der Waals surface area (Å²) in [4.78, 5) is 12.7. The summed E-state index contributed by atoms with van der Waals surface area (Å²) in [6.45, 7) is 3.60. The molecule has 0 saturated heterocycles. The summed E-state index contributed by atoms with van der Waals surface area (Å²) in [6, 6.07) is 11.6. The molecule has 1 N–H and O–H groups in total. The number of nitrogens with zero attached hydrogens (tertiary/aromatic N) is 1. The van der Waals surface area contributed by atoms with Gasteiger partial charge in [0.15, 0.2) is 0 Å². The Hall–Kier alpha value is -2.41. The number of anilines is 2. The van der Waals surface area contributed by atoms with Crippen LogP contribution < -0.4 is 9.62 Å². The number of nitrogens with one attached hydrogen (secondary N) is 1. The Kier molecular flexibility index (Phi) is 5.79. The van der Waals surface area contributed by atoms with E-state index < -0.39 is 27.8 Å². The van der Waals surface area contributed by atoms with Gasteiger partial charge in [-0.25, -0.2) is 12.8 Å². The van der Waals surface area contributed by atoms with Gasteiger partial charge >= 0.3 is 0 Å². The summed E-state index contributed by atoms with van der Waals surface area (Å²) < 4.78 is 39.5. The van der Waals surface area contributed by atoms with Crippen LogP contribution in [0.1, 0.15) is 18.9 Å². The Bertz CT molecular complexity index is 851. The van der Waals surface area contributed by atoms with Crippen molar-refractivity contribution in [2.24, 2.45) is 0 Å². The minimum absolute atomic E-state index is 0.143. The summed E-state index contributed by atoms with van der Waals surface area (Å²) in [6.07, 6.45) is 1.15. The fraction of sp³-hybridized carbons (Fsp3) is 0.278. The second-order valence-electron chi connectivity index (χ2n) is 5.79. The Morgan fingerprint density at radius 2 is 1.76 bits per heavy atom. The van der Waals surface area contributed by atoms with Crippen LogP contribution in [0.2, 0.25) is 0 Å². The first kappa shape index (κ1) is 18.9. The number of amides is 1. The molecule has 0 aromatic heterocycles. The van der Waals surface area contributed by atoms with Crippen LogP contribution in [0.15, 0.2) is 48.5 Å². The van der Waals surface area contributed by atoms with E-state index in [0.29, 0.717) is 5.69 Å². The van der Waals surface area contributed by atoms with Crippen molar-refractivity contribution in [1.29, 1.82) is 0 Å². The topological polar surface area (TPSA) is 66.5 Å². The zero-order valence-electron chi connectivity index (χ0n) is 14.4. The molecule has 0 radical (unpaired) electrons. The van der Waals surface area contributed by atoms with E-state index in [2.05, 4.69) is 5.32 Å². The number of para-hydroxylation sites is 1. The summed E-state index contributed by atoms with van der Waals surface area (Å²) in [5.41, 5.74) is 1.45. The van der Waals surface area contributed by atoms with Gasteiger partial charge < -0.3 is 5.32 Å². The second kappa shape index (κ2) is 7.65. The molecule has 2 rings (SSSR count). The number of rotatable bonds is 6. The molecule has 1 atom stereocenters. The van der Waals surface area contributed by atoms with Crippen molar-refractivity contribution in [3.63, 3.8) is 0 Å². The maximum Gasteiger partial charge on any atom is 0.248 e. The number of carbonyl (C=O) groups is 1. The summed E-state index contributed by atoms with van der Waals surface area (Å²) in [5.74, 6) is -1.21. The van der Waals surface area contributed by atoms with Gasteiger partial charge in [-0.1, -0.05) is 36.8 Å². The lowest BCUT2D eigenvalue weighted by atomic mass is 10.1. The molecule has 1 amide bonds. The summed E-state index contributed by atoms with van der Waals surface area (Å²) in [5, 5.41) is 2.69. The molecule has 0 aliphatic rings. The van der Waals surface area contributed by atoms with E-state index >= 15 is 0 Å². The standard InChI is InChI=1S/C18H21FN2O3S/c1-4-16(18(22)20-14-11-9-13(2)10-12-14)21(25(3,23)24)17-8-6-5-7-15(17)19/h5-12,16H,4H2,1-3H3,(H,20,22). The van der Waals surface area contributed by atoms with Gasteiger partial charge in [0.2, 0.25) is 15.9 Å². The first-order valence-electron chi connectivity index (χ1n) is 7.85. The molecule has 0 heterocycles. The largest absolute Gasteiger partial charge is 0.324 e. The molecular weight excluding hydrogens is 343 g/mol. The molecule has 1 unspecified atom stereocenters. The lowest BCUT2D eigenvalue weighted by molar-refractivity contribution is -0.117. The van der Waals surface area contributed by atoms with Crippen LogP contribution in [-0.2, 0) is 14.8 Å². The average Bonchev–Trinajstić information content (AvgIpc) is 2.54. The first-order valence-corrected chi connectivity index (χ1v) is 9.70. The third-order valence-electron chi connectivity index (χ3n) is 3.74. The first-order chi connectivity index (χ1) is 11.7. The highest BCUT2D eigenvalue weighted by atomic mass is 32.2. The van der Waals surface area contributed by atoms with E-state index in [1.807, 2.05) is 19.1 Å². The molecule has 25 heavy (non-hydrogen) atoms. The van der Waals surface area contributed by atoms with Gasteiger partial charge in [-0.15, -0.1) is 0 Å². The Morgan fingerprint density at radius 3 is 2.28 bits per heavy atom. The van der Waals surface area contributed by atoms with E-state index in [1.165, 1.54) is 18.2 Å². The highest BCUT2D eigenvalue weighted by molar-refractivity contribution is 7.92.